The van der Waals surface area contributed by atoms with Gasteiger partial charge in [0.15, 0.2) is 0 Å². The minimum absolute atomic E-state index is 0.00245. The number of benzene rings is 1. The van der Waals surface area contributed by atoms with Crippen molar-refractivity contribution in [3.63, 3.8) is 0 Å². The summed E-state index contributed by atoms with van der Waals surface area (Å²) in [6, 6.07) is 6.18. The van der Waals surface area contributed by atoms with Gasteiger partial charge in [0.05, 0.1) is 13.2 Å². The highest BCUT2D eigenvalue weighted by Gasteiger charge is 2.18. The van der Waals surface area contributed by atoms with Gasteiger partial charge in [-0.25, -0.2) is 0 Å². The van der Waals surface area contributed by atoms with E-state index in [4.69, 9.17) is 10.5 Å². The zero-order valence-corrected chi connectivity index (χ0v) is 9.99. The lowest BCUT2D eigenvalue weighted by Gasteiger charge is -2.17. The second-order valence-electron chi connectivity index (χ2n) is 4.39. The molecule has 0 saturated heterocycles. The third-order valence-electron chi connectivity index (χ3n) is 3.20. The van der Waals surface area contributed by atoms with Crippen molar-refractivity contribution < 1.29 is 4.74 Å². The molecule has 86 valence electrons. The SMILES string of the molecule is COc1ccc(C)cc1C(N)C1=CCCC1. The zero-order chi connectivity index (χ0) is 11.5. The van der Waals surface area contributed by atoms with Crippen molar-refractivity contribution in [3.05, 3.63) is 41.0 Å². The van der Waals surface area contributed by atoms with Gasteiger partial charge in [-0.15, -0.1) is 0 Å². The Kier molecular flexibility index (Phi) is 3.30. The maximum atomic E-state index is 6.30. The van der Waals surface area contributed by atoms with Crippen molar-refractivity contribution in [3.8, 4) is 5.75 Å². The van der Waals surface area contributed by atoms with Crippen LogP contribution in [0.3, 0.4) is 0 Å². The van der Waals surface area contributed by atoms with E-state index >= 15 is 0 Å². The van der Waals surface area contributed by atoms with Crippen LogP contribution in [0.25, 0.3) is 0 Å². The number of methoxy groups -OCH3 is 1. The Labute approximate surface area is 97.1 Å². The highest BCUT2D eigenvalue weighted by atomic mass is 16.5. The molecular weight excluding hydrogens is 198 g/mol. The molecule has 1 aromatic rings. The topological polar surface area (TPSA) is 35.2 Å². The first kappa shape index (κ1) is 11.2. The maximum Gasteiger partial charge on any atom is 0.123 e. The summed E-state index contributed by atoms with van der Waals surface area (Å²) in [6.45, 7) is 2.08. The summed E-state index contributed by atoms with van der Waals surface area (Å²) < 4.78 is 5.37. The highest BCUT2D eigenvalue weighted by Crippen LogP contribution is 2.33. The third kappa shape index (κ3) is 2.12. The summed E-state index contributed by atoms with van der Waals surface area (Å²) >= 11 is 0. The predicted molar refractivity (Wildman–Crippen MR) is 66.6 cm³/mol. The summed E-state index contributed by atoms with van der Waals surface area (Å²) in [6.07, 6.45) is 5.79. The lowest BCUT2D eigenvalue weighted by molar-refractivity contribution is 0.407. The van der Waals surface area contributed by atoms with Crippen LogP contribution < -0.4 is 10.5 Å². The van der Waals surface area contributed by atoms with Crippen LogP contribution in [0.4, 0.5) is 0 Å². The van der Waals surface area contributed by atoms with Crippen LogP contribution in [0.2, 0.25) is 0 Å². The average Bonchev–Trinajstić information content (AvgIpc) is 2.81. The zero-order valence-electron chi connectivity index (χ0n) is 9.99. The molecule has 2 heteroatoms. The van der Waals surface area contributed by atoms with Gasteiger partial charge in [-0.1, -0.05) is 29.3 Å². The summed E-state index contributed by atoms with van der Waals surface area (Å²) in [5.41, 5.74) is 9.98. The molecule has 1 unspecified atom stereocenters. The summed E-state index contributed by atoms with van der Waals surface area (Å²) in [5, 5.41) is 0. The van der Waals surface area contributed by atoms with E-state index in [9.17, 15) is 0 Å². The molecule has 1 atom stereocenters. The molecule has 1 aromatic carbocycles. The monoisotopic (exact) mass is 217 g/mol. The van der Waals surface area contributed by atoms with E-state index in [0.717, 1.165) is 24.2 Å². The molecule has 1 aliphatic rings. The first-order chi connectivity index (χ1) is 7.72. The van der Waals surface area contributed by atoms with E-state index in [1.165, 1.54) is 17.6 Å². The van der Waals surface area contributed by atoms with Crippen molar-refractivity contribution in [2.24, 2.45) is 5.73 Å². The lowest BCUT2D eigenvalue weighted by atomic mass is 9.97. The fourth-order valence-electron chi connectivity index (χ4n) is 2.27. The Hall–Kier alpha value is -1.28. The van der Waals surface area contributed by atoms with Crippen LogP contribution in [0.1, 0.15) is 36.4 Å². The number of aryl methyl sites for hydroxylation is 1. The fourth-order valence-corrected chi connectivity index (χ4v) is 2.27. The molecule has 0 bridgehead atoms. The molecule has 0 fully saturated rings. The van der Waals surface area contributed by atoms with Gasteiger partial charge in [0.1, 0.15) is 5.75 Å². The van der Waals surface area contributed by atoms with Crippen molar-refractivity contribution in [2.45, 2.75) is 32.2 Å². The molecule has 0 saturated carbocycles. The number of rotatable bonds is 3. The van der Waals surface area contributed by atoms with Crippen molar-refractivity contribution in [1.29, 1.82) is 0 Å². The van der Waals surface area contributed by atoms with Gasteiger partial charge in [-0.3, -0.25) is 0 Å². The van der Waals surface area contributed by atoms with Gasteiger partial charge >= 0.3 is 0 Å². The van der Waals surface area contributed by atoms with Crippen LogP contribution in [-0.4, -0.2) is 7.11 Å². The quantitative estimate of drug-likeness (QED) is 0.789. The molecule has 1 aliphatic carbocycles. The van der Waals surface area contributed by atoms with Crippen molar-refractivity contribution >= 4 is 0 Å². The lowest BCUT2D eigenvalue weighted by Crippen LogP contribution is -2.13. The van der Waals surface area contributed by atoms with E-state index in [1.54, 1.807) is 7.11 Å². The number of hydrogen-bond donors (Lipinski definition) is 1. The Morgan fingerprint density at radius 1 is 1.38 bits per heavy atom. The van der Waals surface area contributed by atoms with Crippen molar-refractivity contribution in [2.75, 3.05) is 7.11 Å². The van der Waals surface area contributed by atoms with Crippen LogP contribution in [0.15, 0.2) is 29.8 Å². The maximum absolute atomic E-state index is 6.30. The second kappa shape index (κ2) is 4.71. The van der Waals surface area contributed by atoms with E-state index in [1.807, 2.05) is 6.07 Å². The van der Waals surface area contributed by atoms with Gasteiger partial charge < -0.3 is 10.5 Å². The molecule has 0 spiro atoms. The smallest absolute Gasteiger partial charge is 0.123 e. The molecule has 2 nitrogen and oxygen atoms in total. The summed E-state index contributed by atoms with van der Waals surface area (Å²) in [7, 11) is 1.70. The molecule has 2 rings (SSSR count). The van der Waals surface area contributed by atoms with E-state index in [2.05, 4.69) is 25.1 Å². The molecule has 0 aliphatic heterocycles. The molecule has 0 heterocycles. The highest BCUT2D eigenvalue weighted by molar-refractivity contribution is 5.42. The van der Waals surface area contributed by atoms with Crippen molar-refractivity contribution in [1.82, 2.24) is 0 Å². The largest absolute Gasteiger partial charge is 0.496 e. The summed E-state index contributed by atoms with van der Waals surface area (Å²) in [5.74, 6) is 0.894. The number of ether oxygens (including phenoxy) is 1. The molecule has 0 radical (unpaired) electrons. The Morgan fingerprint density at radius 2 is 2.19 bits per heavy atom. The minimum Gasteiger partial charge on any atom is -0.496 e. The van der Waals surface area contributed by atoms with Crippen LogP contribution in [0.5, 0.6) is 5.75 Å². The second-order valence-corrected chi connectivity index (χ2v) is 4.39. The number of allylic oxidation sites excluding steroid dienone is 1. The van der Waals surface area contributed by atoms with Gasteiger partial charge in [0.25, 0.3) is 0 Å². The normalized spacial score (nSPS) is 17.1. The van der Waals surface area contributed by atoms with Crippen LogP contribution >= 0.6 is 0 Å². The van der Waals surface area contributed by atoms with Crippen LogP contribution in [-0.2, 0) is 0 Å². The third-order valence-corrected chi connectivity index (χ3v) is 3.20. The average molecular weight is 217 g/mol. The predicted octanol–water partition coefficient (Wildman–Crippen LogP) is 3.11. The van der Waals surface area contributed by atoms with E-state index < -0.39 is 0 Å². The van der Waals surface area contributed by atoms with Crippen LogP contribution in [0, 0.1) is 6.92 Å². The first-order valence-corrected chi connectivity index (χ1v) is 5.81. The van der Waals surface area contributed by atoms with E-state index in [-0.39, 0.29) is 6.04 Å². The molecular formula is C14H19NO. The fraction of sp³-hybridized carbons (Fsp3) is 0.429. The summed E-state index contributed by atoms with van der Waals surface area (Å²) in [4.78, 5) is 0. The van der Waals surface area contributed by atoms with Gasteiger partial charge in [0.2, 0.25) is 0 Å². The molecule has 2 N–H and O–H groups in total. The van der Waals surface area contributed by atoms with Gasteiger partial charge in [-0.2, -0.15) is 0 Å². The minimum atomic E-state index is -0.00245. The number of hydrogen-bond acceptors (Lipinski definition) is 2. The molecule has 0 aromatic heterocycles. The van der Waals surface area contributed by atoms with Gasteiger partial charge in [-0.05, 0) is 32.3 Å². The number of nitrogens with two attached hydrogens (primary N) is 1. The first-order valence-electron chi connectivity index (χ1n) is 5.81. The van der Waals surface area contributed by atoms with E-state index in [0.29, 0.717) is 0 Å². The Balaban J connectivity index is 2.34. The Morgan fingerprint density at radius 3 is 2.81 bits per heavy atom. The molecule has 0 amide bonds. The van der Waals surface area contributed by atoms with Gasteiger partial charge in [0, 0.05) is 5.56 Å². The molecule has 16 heavy (non-hydrogen) atoms. The standard InChI is InChI=1S/C14H19NO/c1-10-7-8-13(16-2)12(9-10)14(15)11-5-3-4-6-11/h5,7-9,14H,3-4,6,15H2,1-2H3. The Bertz CT molecular complexity index is 409.